The second-order valence-corrected chi connectivity index (χ2v) is 7.37. The second kappa shape index (κ2) is 10.0. The summed E-state index contributed by atoms with van der Waals surface area (Å²) in [5, 5.41) is 10.8. The van der Waals surface area contributed by atoms with Crippen LogP contribution in [0.4, 0.5) is 23.0 Å². The molecule has 0 spiro atoms. The number of methoxy groups -OCH3 is 1. The highest BCUT2D eigenvalue weighted by Gasteiger charge is 2.18. The third-order valence-electron chi connectivity index (χ3n) is 5.03. The van der Waals surface area contributed by atoms with Crippen molar-refractivity contribution in [1.29, 1.82) is 0 Å². The number of hydrogen-bond acceptors (Lipinski definition) is 10. The molecule has 11 heteroatoms. The van der Waals surface area contributed by atoms with Crippen molar-refractivity contribution in [1.82, 2.24) is 29.7 Å². The van der Waals surface area contributed by atoms with E-state index in [1.165, 1.54) is 6.20 Å². The van der Waals surface area contributed by atoms with E-state index in [0.717, 1.165) is 5.56 Å². The summed E-state index contributed by atoms with van der Waals surface area (Å²) in [6, 6.07) is 7.34. The maximum atomic E-state index is 12.6. The lowest BCUT2D eigenvalue weighted by Crippen LogP contribution is -2.07. The molecule has 34 heavy (non-hydrogen) atoms. The molecule has 0 aliphatic carbocycles. The molecule has 0 aliphatic rings. The number of Topliss-reactive ketones (excluding diaryl/α,β-unsaturated/α-hetero) is 1. The van der Waals surface area contributed by atoms with E-state index in [1.807, 2.05) is 18.2 Å². The predicted molar refractivity (Wildman–Crippen MR) is 128 cm³/mol. The van der Waals surface area contributed by atoms with Gasteiger partial charge in [0.15, 0.2) is 17.4 Å². The third-order valence-corrected chi connectivity index (χ3v) is 5.03. The van der Waals surface area contributed by atoms with Gasteiger partial charge in [0.1, 0.15) is 18.0 Å². The lowest BCUT2D eigenvalue weighted by Gasteiger charge is -2.17. The molecular formula is C23H25N9O2. The molecule has 174 valence electrons. The number of aryl methyl sites for hydroxylation is 1. The zero-order valence-electron chi connectivity index (χ0n) is 19.1. The van der Waals surface area contributed by atoms with Crippen LogP contribution < -0.4 is 21.1 Å². The van der Waals surface area contributed by atoms with Crippen molar-refractivity contribution in [2.24, 2.45) is 12.8 Å². The minimum Gasteiger partial charge on any atom is -0.494 e. The molecular weight excluding hydrogens is 434 g/mol. The minimum atomic E-state index is -0.0462. The summed E-state index contributed by atoms with van der Waals surface area (Å²) in [7, 11) is 3.38. The summed E-state index contributed by atoms with van der Waals surface area (Å²) < 4.78 is 7.31. The van der Waals surface area contributed by atoms with Gasteiger partial charge in [-0.2, -0.15) is 5.10 Å². The van der Waals surface area contributed by atoms with Crippen LogP contribution in [0.1, 0.15) is 29.4 Å². The van der Waals surface area contributed by atoms with E-state index in [1.54, 1.807) is 50.6 Å². The largest absolute Gasteiger partial charge is 0.494 e. The number of ether oxygens (including phenoxy) is 1. The molecule has 0 aliphatic heterocycles. The molecule has 0 amide bonds. The van der Waals surface area contributed by atoms with Crippen LogP contribution in [0, 0.1) is 0 Å². The quantitative estimate of drug-likeness (QED) is 0.319. The highest BCUT2D eigenvalue weighted by Crippen LogP contribution is 2.37. The summed E-state index contributed by atoms with van der Waals surface area (Å²) in [5.74, 6) is 2.04. The van der Waals surface area contributed by atoms with Crippen molar-refractivity contribution in [3.8, 4) is 17.1 Å². The maximum absolute atomic E-state index is 12.6. The van der Waals surface area contributed by atoms with Crippen molar-refractivity contribution < 1.29 is 9.53 Å². The van der Waals surface area contributed by atoms with Crippen molar-refractivity contribution in [3.05, 3.63) is 60.4 Å². The van der Waals surface area contributed by atoms with Crippen molar-refractivity contribution in [2.45, 2.75) is 19.9 Å². The number of pyridine rings is 1. The summed E-state index contributed by atoms with van der Waals surface area (Å²) in [6.45, 7) is 2.11. The normalized spacial score (nSPS) is 10.7. The number of ketones is 1. The smallest absolute Gasteiger partial charge is 0.184 e. The molecule has 0 saturated heterocycles. The molecule has 0 unspecified atom stereocenters. The van der Waals surface area contributed by atoms with Gasteiger partial charge in [-0.1, -0.05) is 13.0 Å². The number of aromatic nitrogens is 6. The monoisotopic (exact) mass is 459 g/mol. The van der Waals surface area contributed by atoms with Crippen LogP contribution in [-0.4, -0.2) is 42.6 Å². The second-order valence-electron chi connectivity index (χ2n) is 7.37. The van der Waals surface area contributed by atoms with E-state index in [4.69, 9.17) is 10.5 Å². The molecule has 4 aromatic rings. The van der Waals surface area contributed by atoms with Gasteiger partial charge in [0.25, 0.3) is 0 Å². The zero-order chi connectivity index (χ0) is 24.1. The Morgan fingerprint density at radius 3 is 2.53 bits per heavy atom. The van der Waals surface area contributed by atoms with Crippen LogP contribution in [0.15, 0.2) is 49.2 Å². The van der Waals surface area contributed by atoms with Crippen LogP contribution in [0.2, 0.25) is 0 Å². The Morgan fingerprint density at radius 1 is 1.06 bits per heavy atom. The number of nitrogens with one attached hydrogen (secondary N) is 2. The highest BCUT2D eigenvalue weighted by molar-refractivity contribution is 6.02. The first-order valence-electron chi connectivity index (χ1n) is 10.6. The summed E-state index contributed by atoms with van der Waals surface area (Å²) in [5.41, 5.74) is 8.67. The Bertz CT molecular complexity index is 1300. The summed E-state index contributed by atoms with van der Waals surface area (Å²) >= 11 is 0. The number of carbonyl (C=O) groups excluding carboxylic acids is 1. The van der Waals surface area contributed by atoms with Crippen LogP contribution in [0.5, 0.6) is 5.75 Å². The van der Waals surface area contributed by atoms with Gasteiger partial charge in [-0.3, -0.25) is 14.5 Å². The number of para-hydroxylation sites is 1. The number of anilines is 4. The summed E-state index contributed by atoms with van der Waals surface area (Å²) in [6.07, 6.45) is 6.67. The average molecular weight is 460 g/mol. The third kappa shape index (κ3) is 4.84. The van der Waals surface area contributed by atoms with Gasteiger partial charge < -0.3 is 21.1 Å². The first-order valence-corrected chi connectivity index (χ1v) is 10.6. The van der Waals surface area contributed by atoms with Crippen molar-refractivity contribution in [2.75, 3.05) is 17.7 Å². The van der Waals surface area contributed by atoms with Crippen molar-refractivity contribution >= 4 is 28.8 Å². The molecule has 4 N–H and O–H groups in total. The number of benzene rings is 1. The van der Waals surface area contributed by atoms with Crippen LogP contribution in [0.3, 0.4) is 0 Å². The molecule has 0 radical (unpaired) electrons. The van der Waals surface area contributed by atoms with E-state index < -0.39 is 0 Å². The SMILES string of the molecule is CCC(=O)c1cnc(Nc2cnc(CN)cn2)cc1Nc1cccc(-c2ncn(C)n2)c1OC. The van der Waals surface area contributed by atoms with Crippen LogP contribution in [-0.2, 0) is 13.6 Å². The Morgan fingerprint density at radius 2 is 1.88 bits per heavy atom. The van der Waals surface area contributed by atoms with E-state index in [2.05, 4.69) is 35.7 Å². The molecule has 3 heterocycles. The molecule has 3 aromatic heterocycles. The van der Waals surface area contributed by atoms with E-state index in [0.29, 0.717) is 58.8 Å². The first kappa shape index (κ1) is 22.8. The number of carbonyl (C=O) groups is 1. The van der Waals surface area contributed by atoms with Gasteiger partial charge in [-0.05, 0) is 12.1 Å². The fraction of sp³-hybridized carbons (Fsp3) is 0.217. The van der Waals surface area contributed by atoms with E-state index in [9.17, 15) is 4.79 Å². The van der Waals surface area contributed by atoms with Crippen LogP contribution >= 0.6 is 0 Å². The van der Waals surface area contributed by atoms with Crippen LogP contribution in [0.25, 0.3) is 11.4 Å². The Kier molecular flexibility index (Phi) is 6.74. The maximum Gasteiger partial charge on any atom is 0.184 e. The standard InChI is InChI=1S/C23H25N9O2/c1-4-19(33)16-11-27-20(30-21-12-25-14(9-24)10-26-21)8-18(16)29-17-7-5-6-15(22(17)34-3)23-28-13-32(2)31-23/h5-8,10-13H,4,9,24H2,1-3H3,(H2,26,27,29,30). The van der Waals surface area contributed by atoms with Gasteiger partial charge in [-0.25, -0.2) is 15.0 Å². The lowest BCUT2D eigenvalue weighted by molar-refractivity contribution is 0.0988. The van der Waals surface area contributed by atoms with E-state index >= 15 is 0 Å². The molecule has 4 rings (SSSR count). The minimum absolute atomic E-state index is 0.0462. The molecule has 0 saturated carbocycles. The molecule has 1 aromatic carbocycles. The first-order chi connectivity index (χ1) is 16.5. The van der Waals surface area contributed by atoms with Crippen molar-refractivity contribution in [3.63, 3.8) is 0 Å². The Balaban J connectivity index is 1.71. The highest BCUT2D eigenvalue weighted by atomic mass is 16.5. The predicted octanol–water partition coefficient (Wildman–Crippen LogP) is 3.21. The van der Waals surface area contributed by atoms with Gasteiger partial charge in [0.2, 0.25) is 0 Å². The van der Waals surface area contributed by atoms with E-state index in [-0.39, 0.29) is 5.78 Å². The van der Waals surface area contributed by atoms with Gasteiger partial charge in [-0.15, -0.1) is 0 Å². The molecule has 0 atom stereocenters. The van der Waals surface area contributed by atoms with Gasteiger partial charge in [0.05, 0.1) is 47.7 Å². The Labute approximate surface area is 196 Å². The number of nitrogens with zero attached hydrogens (tertiary/aromatic N) is 6. The fourth-order valence-electron chi connectivity index (χ4n) is 3.33. The molecule has 11 nitrogen and oxygen atoms in total. The number of hydrogen-bond donors (Lipinski definition) is 3. The topological polar surface area (TPSA) is 146 Å². The number of nitrogens with two attached hydrogens (primary N) is 1. The summed E-state index contributed by atoms with van der Waals surface area (Å²) in [4.78, 5) is 29.8. The number of rotatable bonds is 9. The lowest BCUT2D eigenvalue weighted by atomic mass is 10.1. The Hall–Kier alpha value is -4.38. The fourth-order valence-corrected chi connectivity index (χ4v) is 3.33. The molecule has 0 fully saturated rings. The molecule has 0 bridgehead atoms. The zero-order valence-corrected chi connectivity index (χ0v) is 19.1. The average Bonchev–Trinajstić information content (AvgIpc) is 3.30. The van der Waals surface area contributed by atoms with Gasteiger partial charge in [0, 0.05) is 32.3 Å². The van der Waals surface area contributed by atoms with Gasteiger partial charge >= 0.3 is 0 Å².